The molecule has 2 rings (SSSR count). The van der Waals surface area contributed by atoms with Gasteiger partial charge < -0.3 is 4.74 Å². The van der Waals surface area contributed by atoms with Crippen LogP contribution < -0.4 is 10.1 Å². The fourth-order valence-corrected chi connectivity index (χ4v) is 2.20. The van der Waals surface area contributed by atoms with Crippen molar-refractivity contribution in [2.45, 2.75) is 4.90 Å². The third-order valence-electron chi connectivity index (χ3n) is 2.09. The summed E-state index contributed by atoms with van der Waals surface area (Å²) in [5.74, 6) is 0.412. The molecular weight excluding hydrogens is 332 g/mol. The minimum Gasteiger partial charge on any atom is -0.466 e. The smallest absolute Gasteiger partial charge is 0.336 e. The normalized spacial score (nSPS) is 10.2. The Morgan fingerprint density at radius 3 is 2.84 bits per heavy atom. The van der Waals surface area contributed by atoms with Crippen molar-refractivity contribution in [3.8, 4) is 6.01 Å². The van der Waals surface area contributed by atoms with Gasteiger partial charge in [0, 0.05) is 9.37 Å². The molecule has 0 saturated carbocycles. The van der Waals surface area contributed by atoms with Gasteiger partial charge in [-0.05, 0) is 24.3 Å². The fourth-order valence-electron chi connectivity index (χ4n) is 1.24. The highest BCUT2D eigenvalue weighted by molar-refractivity contribution is 9.10. The number of H-pyrrole nitrogens is 1. The van der Waals surface area contributed by atoms with E-state index in [9.17, 15) is 4.79 Å². The lowest BCUT2D eigenvalue weighted by Crippen LogP contribution is -2.15. The van der Waals surface area contributed by atoms with Crippen LogP contribution in [0.1, 0.15) is 0 Å². The first kappa shape index (κ1) is 13.9. The molecule has 0 fully saturated rings. The zero-order chi connectivity index (χ0) is 13.7. The largest absolute Gasteiger partial charge is 0.466 e. The van der Waals surface area contributed by atoms with E-state index in [4.69, 9.17) is 4.74 Å². The number of hydrogen-bond acceptors (Lipinski definition) is 5. The maximum atomic E-state index is 11.7. The predicted octanol–water partition coefficient (Wildman–Crippen LogP) is 2.31. The molecule has 8 heteroatoms. The summed E-state index contributed by atoms with van der Waals surface area (Å²) in [6, 6.07) is 7.94. The van der Waals surface area contributed by atoms with E-state index in [-0.39, 0.29) is 17.9 Å². The van der Waals surface area contributed by atoms with Crippen LogP contribution in [0.15, 0.2) is 33.6 Å². The van der Waals surface area contributed by atoms with Crippen LogP contribution in [0.2, 0.25) is 0 Å². The van der Waals surface area contributed by atoms with Crippen molar-refractivity contribution in [1.82, 2.24) is 15.2 Å². The first-order valence-electron chi connectivity index (χ1n) is 5.32. The Kier molecular flexibility index (Phi) is 4.80. The molecular formula is C11H11BrN4O2S. The second-order valence-electron chi connectivity index (χ2n) is 3.46. The molecule has 0 aliphatic heterocycles. The molecule has 100 valence electrons. The van der Waals surface area contributed by atoms with E-state index in [2.05, 4.69) is 36.4 Å². The van der Waals surface area contributed by atoms with E-state index in [0.29, 0.717) is 5.75 Å². The third-order valence-corrected chi connectivity index (χ3v) is 3.63. The highest BCUT2D eigenvalue weighted by Crippen LogP contribution is 2.20. The first-order valence-corrected chi connectivity index (χ1v) is 7.10. The van der Waals surface area contributed by atoms with Gasteiger partial charge in [0.15, 0.2) is 0 Å². The molecule has 0 radical (unpaired) electrons. The number of halogens is 1. The molecule has 2 aromatic rings. The number of carbonyl (C=O) groups is 1. The van der Waals surface area contributed by atoms with Crippen LogP contribution in [0.4, 0.5) is 5.95 Å². The number of amides is 1. The number of aromatic amines is 1. The number of ether oxygens (including phenoxy) is 1. The molecule has 0 aliphatic carbocycles. The Morgan fingerprint density at radius 1 is 1.47 bits per heavy atom. The highest BCUT2D eigenvalue weighted by atomic mass is 79.9. The monoisotopic (exact) mass is 342 g/mol. The van der Waals surface area contributed by atoms with Crippen LogP contribution in [0.25, 0.3) is 0 Å². The number of anilines is 1. The van der Waals surface area contributed by atoms with E-state index < -0.39 is 0 Å². The zero-order valence-electron chi connectivity index (χ0n) is 10.0. The summed E-state index contributed by atoms with van der Waals surface area (Å²) in [6.07, 6.45) is 0. The van der Waals surface area contributed by atoms with E-state index >= 15 is 0 Å². The van der Waals surface area contributed by atoms with Gasteiger partial charge in [-0.25, -0.2) is 5.10 Å². The molecule has 0 aliphatic rings. The van der Waals surface area contributed by atoms with Gasteiger partial charge >= 0.3 is 6.01 Å². The molecule has 0 spiro atoms. The van der Waals surface area contributed by atoms with Gasteiger partial charge in [0.05, 0.1) is 12.9 Å². The Hall–Kier alpha value is -1.54. The molecule has 0 saturated heterocycles. The van der Waals surface area contributed by atoms with Crippen molar-refractivity contribution in [2.75, 3.05) is 18.2 Å². The van der Waals surface area contributed by atoms with Crippen LogP contribution in [0.3, 0.4) is 0 Å². The number of hydrogen-bond donors (Lipinski definition) is 2. The van der Waals surface area contributed by atoms with Crippen molar-refractivity contribution in [3.05, 3.63) is 28.7 Å². The minimum atomic E-state index is -0.160. The van der Waals surface area contributed by atoms with Gasteiger partial charge in [0.1, 0.15) is 0 Å². The van der Waals surface area contributed by atoms with E-state index in [1.807, 2.05) is 24.3 Å². The summed E-state index contributed by atoms with van der Waals surface area (Å²) in [6.45, 7) is 0. The summed E-state index contributed by atoms with van der Waals surface area (Å²) in [4.78, 5) is 16.6. The highest BCUT2D eigenvalue weighted by Gasteiger charge is 2.07. The molecule has 2 N–H and O–H groups in total. The minimum absolute atomic E-state index is 0.160. The summed E-state index contributed by atoms with van der Waals surface area (Å²) in [7, 11) is 1.46. The Morgan fingerprint density at radius 2 is 2.21 bits per heavy atom. The maximum absolute atomic E-state index is 11.7. The number of nitrogens with zero attached hydrogens (tertiary/aromatic N) is 2. The molecule has 1 aromatic carbocycles. The van der Waals surface area contributed by atoms with Gasteiger partial charge in [-0.15, -0.1) is 16.9 Å². The number of nitrogens with one attached hydrogen (secondary N) is 2. The number of rotatable bonds is 5. The summed E-state index contributed by atoms with van der Waals surface area (Å²) >= 11 is 4.80. The number of methoxy groups -OCH3 is 1. The van der Waals surface area contributed by atoms with Gasteiger partial charge in [-0.2, -0.15) is 4.98 Å². The standard InChI is InChI=1S/C11H11BrN4O2S/c1-18-11-14-10(15-16-11)13-9(17)6-19-8-4-2-7(12)3-5-8/h2-5H,6H2,1H3,(H2,13,14,15,16,17). The van der Waals surface area contributed by atoms with Crippen molar-refractivity contribution >= 4 is 39.5 Å². The SMILES string of the molecule is COc1n[nH]c(NC(=O)CSc2ccc(Br)cc2)n1. The number of aromatic nitrogens is 3. The molecule has 0 atom stereocenters. The zero-order valence-corrected chi connectivity index (χ0v) is 12.4. The number of thioether (sulfide) groups is 1. The number of benzene rings is 1. The predicted molar refractivity (Wildman–Crippen MR) is 76.4 cm³/mol. The average Bonchev–Trinajstić information content (AvgIpc) is 2.86. The Balaban J connectivity index is 1.82. The lowest BCUT2D eigenvalue weighted by Gasteiger charge is -2.02. The third kappa shape index (κ3) is 4.25. The first-order chi connectivity index (χ1) is 9.17. The molecule has 0 bridgehead atoms. The fraction of sp³-hybridized carbons (Fsp3) is 0.182. The van der Waals surface area contributed by atoms with Crippen LogP contribution in [0.5, 0.6) is 6.01 Å². The quantitative estimate of drug-likeness (QED) is 0.815. The molecule has 1 heterocycles. The topological polar surface area (TPSA) is 79.9 Å². The maximum Gasteiger partial charge on any atom is 0.336 e. The second-order valence-corrected chi connectivity index (χ2v) is 5.43. The van der Waals surface area contributed by atoms with Crippen LogP contribution >= 0.6 is 27.7 Å². The second kappa shape index (κ2) is 6.58. The summed E-state index contributed by atoms with van der Waals surface area (Å²) in [5.41, 5.74) is 0. The van der Waals surface area contributed by atoms with Gasteiger partial charge in [0.2, 0.25) is 11.9 Å². The molecule has 0 unspecified atom stereocenters. The molecule has 1 amide bonds. The van der Waals surface area contributed by atoms with Crippen LogP contribution in [0, 0.1) is 0 Å². The van der Waals surface area contributed by atoms with Crippen molar-refractivity contribution in [3.63, 3.8) is 0 Å². The summed E-state index contributed by atoms with van der Waals surface area (Å²) in [5, 5.41) is 8.89. The lowest BCUT2D eigenvalue weighted by atomic mass is 10.4. The lowest BCUT2D eigenvalue weighted by molar-refractivity contribution is -0.113. The van der Waals surface area contributed by atoms with Gasteiger partial charge in [-0.1, -0.05) is 15.9 Å². The van der Waals surface area contributed by atoms with E-state index in [0.717, 1.165) is 9.37 Å². The van der Waals surface area contributed by atoms with Crippen LogP contribution in [-0.4, -0.2) is 34.0 Å². The molecule has 1 aromatic heterocycles. The van der Waals surface area contributed by atoms with E-state index in [1.165, 1.54) is 18.9 Å². The number of carbonyl (C=O) groups excluding carboxylic acids is 1. The van der Waals surface area contributed by atoms with Crippen LogP contribution in [-0.2, 0) is 4.79 Å². The molecule has 19 heavy (non-hydrogen) atoms. The van der Waals surface area contributed by atoms with Crippen molar-refractivity contribution in [2.24, 2.45) is 0 Å². The van der Waals surface area contributed by atoms with Gasteiger partial charge in [0.25, 0.3) is 0 Å². The Labute approximate surface area is 122 Å². The summed E-state index contributed by atoms with van der Waals surface area (Å²) < 4.78 is 5.81. The van der Waals surface area contributed by atoms with Gasteiger partial charge in [-0.3, -0.25) is 10.1 Å². The average molecular weight is 343 g/mol. The van der Waals surface area contributed by atoms with Crippen molar-refractivity contribution < 1.29 is 9.53 Å². The van der Waals surface area contributed by atoms with Crippen molar-refractivity contribution in [1.29, 1.82) is 0 Å². The van der Waals surface area contributed by atoms with E-state index in [1.54, 1.807) is 0 Å². The Bertz CT molecular complexity index is 558. The molecule has 6 nitrogen and oxygen atoms in total.